The third-order valence-corrected chi connectivity index (χ3v) is 4.49. The Hall–Kier alpha value is -0.730. The van der Waals surface area contributed by atoms with Gasteiger partial charge in [-0.25, -0.2) is 4.79 Å². The third kappa shape index (κ3) is 19.2. The van der Waals surface area contributed by atoms with Crippen LogP contribution in [-0.4, -0.2) is 19.7 Å². The third-order valence-electron chi connectivity index (χ3n) is 4.49. The van der Waals surface area contributed by atoms with Gasteiger partial charge in [-0.3, -0.25) is 0 Å². The van der Waals surface area contributed by atoms with E-state index in [0.717, 1.165) is 13.0 Å². The van der Waals surface area contributed by atoms with E-state index in [2.05, 4.69) is 17.0 Å². The minimum absolute atomic E-state index is 0.314. The van der Waals surface area contributed by atoms with Gasteiger partial charge in [0.2, 0.25) is 0 Å². The summed E-state index contributed by atoms with van der Waals surface area (Å²) in [6.07, 6.45) is 21.7. The van der Waals surface area contributed by atoms with Crippen molar-refractivity contribution >= 4 is 6.09 Å². The van der Waals surface area contributed by atoms with E-state index in [9.17, 15) is 4.79 Å². The quantitative estimate of drug-likeness (QED) is 0.305. The first-order valence-corrected chi connectivity index (χ1v) is 10.1. The Morgan fingerprint density at radius 1 is 0.652 bits per heavy atom. The second kappa shape index (κ2) is 19.3. The first-order valence-electron chi connectivity index (χ1n) is 10.1. The molecule has 0 saturated heterocycles. The average Bonchev–Trinajstić information content (AvgIpc) is 2.57. The lowest BCUT2D eigenvalue weighted by Crippen LogP contribution is -2.23. The summed E-state index contributed by atoms with van der Waals surface area (Å²) >= 11 is 0. The molecule has 0 spiro atoms. The molecule has 1 amide bonds. The van der Waals surface area contributed by atoms with Crippen molar-refractivity contribution in [1.82, 2.24) is 5.32 Å². The molecule has 0 fully saturated rings. The Labute approximate surface area is 144 Å². The minimum atomic E-state index is -0.314. The van der Waals surface area contributed by atoms with Crippen LogP contribution in [0.4, 0.5) is 4.79 Å². The highest BCUT2D eigenvalue weighted by molar-refractivity contribution is 5.66. The lowest BCUT2D eigenvalue weighted by atomic mass is 10.0. The van der Waals surface area contributed by atoms with Crippen molar-refractivity contribution in [3.05, 3.63) is 0 Å². The molecule has 1 N–H and O–H groups in total. The zero-order valence-electron chi connectivity index (χ0n) is 15.8. The number of hydrogen-bond acceptors (Lipinski definition) is 2. The zero-order chi connectivity index (χ0) is 17.0. The van der Waals surface area contributed by atoms with Gasteiger partial charge in [-0.15, -0.1) is 0 Å². The number of ether oxygens (including phenoxy) is 1. The molecule has 0 unspecified atom stereocenters. The van der Waals surface area contributed by atoms with E-state index in [1.54, 1.807) is 0 Å². The lowest BCUT2D eigenvalue weighted by molar-refractivity contribution is 0.171. The standard InChI is InChI=1S/C20H41NO2/c1-3-4-5-6-7-8-9-10-11-12-13-14-15-16-17-18-19-21-20(22)23-2/h3-19H2,1-2H3,(H,21,22). The maximum Gasteiger partial charge on any atom is 0.406 e. The Morgan fingerprint density at radius 2 is 1.00 bits per heavy atom. The number of carbonyl (C=O) groups is 1. The van der Waals surface area contributed by atoms with Crippen LogP contribution in [-0.2, 0) is 4.74 Å². The van der Waals surface area contributed by atoms with E-state index in [-0.39, 0.29) is 6.09 Å². The van der Waals surface area contributed by atoms with Gasteiger partial charge in [0.25, 0.3) is 0 Å². The molecule has 0 aliphatic rings. The van der Waals surface area contributed by atoms with Gasteiger partial charge >= 0.3 is 6.09 Å². The van der Waals surface area contributed by atoms with Crippen molar-refractivity contribution < 1.29 is 9.53 Å². The molecule has 3 heteroatoms. The molecular formula is C20H41NO2. The molecule has 3 nitrogen and oxygen atoms in total. The van der Waals surface area contributed by atoms with Gasteiger partial charge in [-0.05, 0) is 6.42 Å². The van der Waals surface area contributed by atoms with E-state index in [1.165, 1.54) is 103 Å². The Kier molecular flexibility index (Phi) is 18.7. The van der Waals surface area contributed by atoms with Gasteiger partial charge in [-0.1, -0.05) is 103 Å². The summed E-state index contributed by atoms with van der Waals surface area (Å²) in [5.74, 6) is 0. The zero-order valence-corrected chi connectivity index (χ0v) is 15.8. The summed E-state index contributed by atoms with van der Waals surface area (Å²) in [5.41, 5.74) is 0. The molecule has 0 heterocycles. The molecule has 0 radical (unpaired) electrons. The fraction of sp³-hybridized carbons (Fsp3) is 0.950. The number of carbonyl (C=O) groups excluding carboxylic acids is 1. The van der Waals surface area contributed by atoms with Crippen molar-refractivity contribution in [2.45, 2.75) is 110 Å². The number of methoxy groups -OCH3 is 1. The predicted molar refractivity (Wildman–Crippen MR) is 100.0 cm³/mol. The summed E-state index contributed by atoms with van der Waals surface area (Å²) < 4.78 is 4.53. The smallest absolute Gasteiger partial charge is 0.406 e. The highest BCUT2D eigenvalue weighted by atomic mass is 16.5. The summed E-state index contributed by atoms with van der Waals surface area (Å²) in [7, 11) is 1.41. The molecule has 0 aliphatic carbocycles. The first kappa shape index (κ1) is 22.3. The van der Waals surface area contributed by atoms with Crippen molar-refractivity contribution in [2.75, 3.05) is 13.7 Å². The highest BCUT2D eigenvalue weighted by Crippen LogP contribution is 2.13. The maximum absolute atomic E-state index is 10.8. The molecule has 138 valence electrons. The number of hydrogen-bond donors (Lipinski definition) is 1. The molecule has 0 saturated carbocycles. The van der Waals surface area contributed by atoms with E-state index < -0.39 is 0 Å². The topological polar surface area (TPSA) is 38.3 Å². The van der Waals surface area contributed by atoms with Crippen LogP contribution in [0.3, 0.4) is 0 Å². The molecule has 0 rings (SSSR count). The van der Waals surface area contributed by atoms with E-state index in [0.29, 0.717) is 0 Å². The number of unbranched alkanes of at least 4 members (excludes halogenated alkanes) is 15. The van der Waals surface area contributed by atoms with Crippen molar-refractivity contribution in [1.29, 1.82) is 0 Å². The summed E-state index contributed by atoms with van der Waals surface area (Å²) in [6, 6.07) is 0. The van der Waals surface area contributed by atoms with Gasteiger partial charge in [0.05, 0.1) is 7.11 Å². The average molecular weight is 328 g/mol. The van der Waals surface area contributed by atoms with Crippen LogP contribution >= 0.6 is 0 Å². The molecular weight excluding hydrogens is 286 g/mol. The first-order chi connectivity index (χ1) is 11.3. The highest BCUT2D eigenvalue weighted by Gasteiger charge is 1.97. The van der Waals surface area contributed by atoms with Crippen LogP contribution in [0.15, 0.2) is 0 Å². The van der Waals surface area contributed by atoms with Gasteiger partial charge in [-0.2, -0.15) is 0 Å². The summed E-state index contributed by atoms with van der Waals surface area (Å²) in [5, 5.41) is 2.72. The Bertz CT molecular complexity index is 244. The van der Waals surface area contributed by atoms with E-state index in [4.69, 9.17) is 0 Å². The number of nitrogens with one attached hydrogen (secondary N) is 1. The van der Waals surface area contributed by atoms with E-state index in [1.807, 2.05) is 0 Å². The number of amides is 1. The van der Waals surface area contributed by atoms with Crippen LogP contribution in [0.2, 0.25) is 0 Å². The molecule has 0 aromatic rings. The Balaban J connectivity index is 2.99. The van der Waals surface area contributed by atoms with Crippen molar-refractivity contribution in [2.24, 2.45) is 0 Å². The molecule has 0 aromatic carbocycles. The predicted octanol–water partition coefficient (Wildman–Crippen LogP) is 6.60. The Morgan fingerprint density at radius 3 is 1.35 bits per heavy atom. The van der Waals surface area contributed by atoms with Crippen LogP contribution in [0.1, 0.15) is 110 Å². The fourth-order valence-electron chi connectivity index (χ4n) is 2.94. The summed E-state index contributed by atoms with van der Waals surface area (Å²) in [6.45, 7) is 3.02. The van der Waals surface area contributed by atoms with Crippen molar-refractivity contribution in [3.8, 4) is 0 Å². The second-order valence-electron chi connectivity index (χ2n) is 6.72. The number of alkyl carbamates (subject to hydrolysis) is 1. The molecule has 0 aromatic heterocycles. The second-order valence-corrected chi connectivity index (χ2v) is 6.72. The SMILES string of the molecule is CCCCCCCCCCCCCCCCCCNC(=O)OC. The largest absolute Gasteiger partial charge is 0.453 e. The van der Waals surface area contributed by atoms with E-state index >= 15 is 0 Å². The van der Waals surface area contributed by atoms with Crippen LogP contribution in [0.25, 0.3) is 0 Å². The van der Waals surface area contributed by atoms with Crippen molar-refractivity contribution in [3.63, 3.8) is 0 Å². The normalized spacial score (nSPS) is 10.7. The van der Waals surface area contributed by atoms with Crippen LogP contribution in [0, 0.1) is 0 Å². The van der Waals surface area contributed by atoms with Crippen LogP contribution < -0.4 is 5.32 Å². The fourth-order valence-corrected chi connectivity index (χ4v) is 2.94. The molecule has 0 aliphatic heterocycles. The molecule has 0 atom stereocenters. The van der Waals surface area contributed by atoms with Gasteiger partial charge in [0.1, 0.15) is 0 Å². The van der Waals surface area contributed by atoms with Gasteiger partial charge in [0.15, 0.2) is 0 Å². The number of rotatable bonds is 17. The monoisotopic (exact) mass is 327 g/mol. The maximum atomic E-state index is 10.8. The molecule has 23 heavy (non-hydrogen) atoms. The van der Waals surface area contributed by atoms with Gasteiger partial charge < -0.3 is 10.1 Å². The van der Waals surface area contributed by atoms with Gasteiger partial charge in [0, 0.05) is 6.54 Å². The molecule has 0 bridgehead atoms. The van der Waals surface area contributed by atoms with Crippen LogP contribution in [0.5, 0.6) is 0 Å². The summed E-state index contributed by atoms with van der Waals surface area (Å²) in [4.78, 5) is 10.8. The lowest BCUT2D eigenvalue weighted by Gasteiger charge is -2.04. The minimum Gasteiger partial charge on any atom is -0.453 e.